The number of rotatable bonds is 6. The molecule has 2 aromatic carbocycles. The zero-order chi connectivity index (χ0) is 19.4. The van der Waals surface area contributed by atoms with Crippen molar-refractivity contribution in [3.05, 3.63) is 64.2 Å². The zero-order valence-corrected chi connectivity index (χ0v) is 16.1. The maximum absolute atomic E-state index is 12.7. The first-order valence-corrected chi connectivity index (χ1v) is 10.6. The van der Waals surface area contributed by atoms with Crippen LogP contribution in [0.3, 0.4) is 0 Å². The molecule has 0 aliphatic carbocycles. The van der Waals surface area contributed by atoms with Crippen molar-refractivity contribution in [2.24, 2.45) is 0 Å². The SMILES string of the molecule is CCN1CCN(c2ccc(S(=O)(=O)Cc3ccccc3)cc2[N+](=O)[O-])CC1. The molecule has 27 heavy (non-hydrogen) atoms. The second-order valence-electron chi connectivity index (χ2n) is 6.57. The average Bonchev–Trinajstić information content (AvgIpc) is 2.68. The number of nitrogens with zero attached hydrogens (tertiary/aromatic N) is 3. The second-order valence-corrected chi connectivity index (χ2v) is 8.56. The first-order valence-electron chi connectivity index (χ1n) is 8.93. The summed E-state index contributed by atoms with van der Waals surface area (Å²) >= 11 is 0. The van der Waals surface area contributed by atoms with E-state index in [1.54, 1.807) is 30.3 Å². The molecule has 1 heterocycles. The Morgan fingerprint density at radius 2 is 1.70 bits per heavy atom. The standard InChI is InChI=1S/C19H23N3O4S/c1-2-20-10-12-21(13-11-20)18-9-8-17(14-19(18)22(23)24)27(25,26)15-16-6-4-3-5-7-16/h3-9,14H,2,10-13,15H2,1H3. The van der Waals surface area contributed by atoms with Crippen molar-refractivity contribution in [2.45, 2.75) is 17.6 Å². The summed E-state index contributed by atoms with van der Waals surface area (Å²) in [7, 11) is -3.66. The Bertz CT molecular complexity index is 908. The van der Waals surface area contributed by atoms with Gasteiger partial charge in [-0.3, -0.25) is 10.1 Å². The molecular weight excluding hydrogens is 366 g/mol. The highest BCUT2D eigenvalue weighted by atomic mass is 32.2. The van der Waals surface area contributed by atoms with Crippen molar-refractivity contribution < 1.29 is 13.3 Å². The van der Waals surface area contributed by atoms with Crippen LogP contribution in [0.25, 0.3) is 0 Å². The minimum Gasteiger partial charge on any atom is -0.363 e. The lowest BCUT2D eigenvalue weighted by Crippen LogP contribution is -2.46. The van der Waals surface area contributed by atoms with E-state index in [0.29, 0.717) is 24.3 Å². The molecule has 0 bridgehead atoms. The minimum atomic E-state index is -3.66. The fourth-order valence-corrected chi connectivity index (χ4v) is 4.66. The molecule has 7 nitrogen and oxygen atoms in total. The zero-order valence-electron chi connectivity index (χ0n) is 15.2. The summed E-state index contributed by atoms with van der Waals surface area (Å²) in [6.45, 7) is 6.08. The lowest BCUT2D eigenvalue weighted by atomic mass is 10.2. The Balaban J connectivity index is 1.88. The highest BCUT2D eigenvalue weighted by molar-refractivity contribution is 7.90. The van der Waals surface area contributed by atoms with Gasteiger partial charge in [0.25, 0.3) is 5.69 Å². The number of hydrogen-bond acceptors (Lipinski definition) is 6. The summed E-state index contributed by atoms with van der Waals surface area (Å²) in [5.74, 6) is -0.181. The van der Waals surface area contributed by atoms with Crippen LogP contribution in [-0.2, 0) is 15.6 Å². The number of benzene rings is 2. The van der Waals surface area contributed by atoms with E-state index in [2.05, 4.69) is 11.8 Å². The van der Waals surface area contributed by atoms with Gasteiger partial charge in [-0.05, 0) is 24.2 Å². The molecule has 0 saturated carbocycles. The van der Waals surface area contributed by atoms with Crippen molar-refractivity contribution in [3.63, 3.8) is 0 Å². The molecule has 0 unspecified atom stereocenters. The van der Waals surface area contributed by atoms with Crippen LogP contribution in [0.1, 0.15) is 12.5 Å². The summed E-state index contributed by atoms with van der Waals surface area (Å²) in [5.41, 5.74) is 0.975. The number of anilines is 1. The maximum atomic E-state index is 12.7. The molecule has 0 radical (unpaired) electrons. The molecule has 0 aromatic heterocycles. The van der Waals surface area contributed by atoms with E-state index in [-0.39, 0.29) is 16.3 Å². The van der Waals surface area contributed by atoms with Crippen molar-refractivity contribution >= 4 is 21.2 Å². The highest BCUT2D eigenvalue weighted by Gasteiger charge is 2.26. The highest BCUT2D eigenvalue weighted by Crippen LogP contribution is 2.32. The van der Waals surface area contributed by atoms with Gasteiger partial charge in [0.15, 0.2) is 9.84 Å². The topological polar surface area (TPSA) is 83.8 Å². The molecule has 0 spiro atoms. The lowest BCUT2D eigenvalue weighted by molar-refractivity contribution is -0.384. The first kappa shape index (κ1) is 19.3. The van der Waals surface area contributed by atoms with Gasteiger partial charge in [0.05, 0.1) is 15.6 Å². The third-order valence-electron chi connectivity index (χ3n) is 4.86. The van der Waals surface area contributed by atoms with E-state index in [1.807, 2.05) is 11.0 Å². The van der Waals surface area contributed by atoms with Crippen LogP contribution in [0.5, 0.6) is 0 Å². The smallest absolute Gasteiger partial charge is 0.293 e. The third kappa shape index (κ3) is 4.45. The van der Waals surface area contributed by atoms with Gasteiger partial charge in [-0.2, -0.15) is 0 Å². The maximum Gasteiger partial charge on any atom is 0.293 e. The van der Waals surface area contributed by atoms with E-state index in [4.69, 9.17) is 0 Å². The predicted molar refractivity (Wildman–Crippen MR) is 105 cm³/mol. The van der Waals surface area contributed by atoms with E-state index in [0.717, 1.165) is 19.6 Å². The van der Waals surface area contributed by atoms with Crippen LogP contribution in [0.15, 0.2) is 53.4 Å². The number of hydrogen-bond donors (Lipinski definition) is 0. The number of likely N-dealkylation sites (N-methyl/N-ethyl adjacent to an activating group) is 1. The molecule has 0 N–H and O–H groups in total. The van der Waals surface area contributed by atoms with Gasteiger partial charge in [0.2, 0.25) is 0 Å². The minimum absolute atomic E-state index is 0.0194. The molecule has 0 amide bonds. The summed E-state index contributed by atoms with van der Waals surface area (Å²) in [6.07, 6.45) is 0. The van der Waals surface area contributed by atoms with E-state index in [1.165, 1.54) is 12.1 Å². The summed E-state index contributed by atoms with van der Waals surface area (Å²) in [4.78, 5) is 15.3. The van der Waals surface area contributed by atoms with Gasteiger partial charge in [-0.25, -0.2) is 8.42 Å². The predicted octanol–water partition coefficient (Wildman–Crippen LogP) is 2.71. The quantitative estimate of drug-likeness (QED) is 0.558. The number of nitro groups is 1. The van der Waals surface area contributed by atoms with Gasteiger partial charge in [-0.15, -0.1) is 0 Å². The van der Waals surface area contributed by atoms with Gasteiger partial charge in [0.1, 0.15) is 5.69 Å². The van der Waals surface area contributed by atoms with Crippen molar-refractivity contribution in [3.8, 4) is 0 Å². The normalized spacial score (nSPS) is 15.7. The van der Waals surface area contributed by atoms with Crippen molar-refractivity contribution in [1.82, 2.24) is 4.90 Å². The van der Waals surface area contributed by atoms with Crippen molar-refractivity contribution in [2.75, 3.05) is 37.6 Å². The summed E-state index contributed by atoms with van der Waals surface area (Å²) in [5, 5.41) is 11.6. The molecule has 8 heteroatoms. The molecule has 1 saturated heterocycles. The van der Waals surface area contributed by atoms with Gasteiger partial charge < -0.3 is 9.80 Å². The molecule has 1 aliphatic heterocycles. The molecule has 1 aliphatic rings. The van der Waals surface area contributed by atoms with E-state index < -0.39 is 14.8 Å². The van der Waals surface area contributed by atoms with Gasteiger partial charge in [0, 0.05) is 32.2 Å². The largest absolute Gasteiger partial charge is 0.363 e. The van der Waals surface area contributed by atoms with Crippen LogP contribution in [0, 0.1) is 10.1 Å². The van der Waals surface area contributed by atoms with Gasteiger partial charge in [-0.1, -0.05) is 37.3 Å². The van der Waals surface area contributed by atoms with Gasteiger partial charge >= 0.3 is 0 Å². The third-order valence-corrected chi connectivity index (χ3v) is 6.55. The Hall–Kier alpha value is -2.45. The molecular formula is C19H23N3O4S. The molecule has 144 valence electrons. The van der Waals surface area contributed by atoms with E-state index >= 15 is 0 Å². The fraction of sp³-hybridized carbons (Fsp3) is 0.368. The van der Waals surface area contributed by atoms with E-state index in [9.17, 15) is 18.5 Å². The first-order chi connectivity index (χ1) is 12.9. The molecule has 2 aromatic rings. The fourth-order valence-electron chi connectivity index (χ4n) is 3.29. The number of sulfone groups is 1. The second kappa shape index (κ2) is 8.06. The summed E-state index contributed by atoms with van der Waals surface area (Å²) in [6, 6.07) is 13.1. The van der Waals surface area contributed by atoms with Crippen LogP contribution in [0.2, 0.25) is 0 Å². The molecule has 1 fully saturated rings. The Morgan fingerprint density at radius 3 is 2.30 bits per heavy atom. The number of nitro benzene ring substituents is 1. The Kier molecular flexibility index (Phi) is 5.76. The summed E-state index contributed by atoms with van der Waals surface area (Å²) < 4.78 is 25.4. The molecule has 0 atom stereocenters. The Labute approximate surface area is 159 Å². The lowest BCUT2D eigenvalue weighted by Gasteiger charge is -2.35. The van der Waals surface area contributed by atoms with Crippen LogP contribution < -0.4 is 4.90 Å². The van der Waals surface area contributed by atoms with Crippen LogP contribution in [0.4, 0.5) is 11.4 Å². The Morgan fingerprint density at radius 1 is 1.04 bits per heavy atom. The molecule has 3 rings (SSSR count). The van der Waals surface area contributed by atoms with Crippen LogP contribution >= 0.6 is 0 Å². The average molecular weight is 389 g/mol. The monoisotopic (exact) mass is 389 g/mol. The van der Waals surface area contributed by atoms with Crippen LogP contribution in [-0.4, -0.2) is 51.0 Å². The van der Waals surface area contributed by atoms with Crippen molar-refractivity contribution in [1.29, 1.82) is 0 Å². The number of piperazine rings is 1.